The lowest BCUT2D eigenvalue weighted by Gasteiger charge is -2.11. The van der Waals surface area contributed by atoms with E-state index in [4.69, 9.17) is 14.0 Å². The van der Waals surface area contributed by atoms with E-state index in [-0.39, 0.29) is 17.1 Å². The monoisotopic (exact) mass is 458 g/mol. The molecule has 8 nitrogen and oxygen atoms in total. The normalized spacial score (nSPS) is 11.3. The van der Waals surface area contributed by atoms with E-state index in [9.17, 15) is 13.2 Å². The molecule has 3 aromatic rings. The first kappa shape index (κ1) is 23.3. The van der Waals surface area contributed by atoms with Gasteiger partial charge in [0.05, 0.1) is 30.6 Å². The van der Waals surface area contributed by atoms with Gasteiger partial charge in [-0.1, -0.05) is 17.3 Å². The number of hydrogen-bond donors (Lipinski definition) is 1. The molecular weight excluding hydrogens is 432 g/mol. The number of carbonyl (C=O) groups is 1. The van der Waals surface area contributed by atoms with Gasteiger partial charge in [0.25, 0.3) is 0 Å². The van der Waals surface area contributed by atoms with E-state index in [0.717, 1.165) is 11.3 Å². The molecule has 32 heavy (non-hydrogen) atoms. The van der Waals surface area contributed by atoms with Crippen molar-refractivity contribution in [2.24, 2.45) is 0 Å². The van der Waals surface area contributed by atoms with Gasteiger partial charge in [-0.25, -0.2) is 8.42 Å². The van der Waals surface area contributed by atoms with Crippen LogP contribution >= 0.6 is 0 Å². The number of rotatable bonds is 8. The Balaban J connectivity index is 1.76. The molecule has 1 aromatic heterocycles. The highest BCUT2D eigenvalue weighted by Crippen LogP contribution is 2.30. The Hall–Kier alpha value is -3.33. The summed E-state index contributed by atoms with van der Waals surface area (Å²) >= 11 is 0. The predicted molar refractivity (Wildman–Crippen MR) is 121 cm³/mol. The van der Waals surface area contributed by atoms with Gasteiger partial charge in [0.2, 0.25) is 5.91 Å². The molecule has 0 fully saturated rings. The van der Waals surface area contributed by atoms with Crippen molar-refractivity contribution >= 4 is 21.4 Å². The summed E-state index contributed by atoms with van der Waals surface area (Å²) in [4.78, 5) is 12.6. The number of methoxy groups -OCH3 is 2. The zero-order chi connectivity index (χ0) is 23.5. The van der Waals surface area contributed by atoms with E-state index >= 15 is 0 Å². The Morgan fingerprint density at radius 3 is 2.25 bits per heavy atom. The second kappa shape index (κ2) is 9.44. The molecule has 0 saturated heterocycles. The van der Waals surface area contributed by atoms with Crippen molar-refractivity contribution in [3.63, 3.8) is 0 Å². The maximum atomic E-state index is 13.0. The smallest absolute Gasteiger partial charge is 0.225 e. The number of nitrogens with zero attached hydrogens (tertiary/aromatic N) is 1. The van der Waals surface area contributed by atoms with Gasteiger partial charge in [-0.15, -0.1) is 0 Å². The molecule has 3 rings (SSSR count). The standard InChI is InChI=1S/C23H26N2O6S/c1-14-6-7-17(23-15(2)16(3)25-31-23)10-21(14)32(27,28)9-8-22(26)24-18-11-19(29-4)13-20(12-18)30-5/h6-7,10-13H,8-9H2,1-5H3,(H,24,26). The van der Waals surface area contributed by atoms with E-state index in [2.05, 4.69) is 10.5 Å². The molecule has 0 atom stereocenters. The number of sulfone groups is 1. The van der Waals surface area contributed by atoms with Crippen LogP contribution in [0.15, 0.2) is 45.8 Å². The molecule has 0 aliphatic carbocycles. The van der Waals surface area contributed by atoms with Crippen molar-refractivity contribution in [2.45, 2.75) is 32.1 Å². The van der Waals surface area contributed by atoms with Crippen molar-refractivity contribution in [2.75, 3.05) is 25.3 Å². The predicted octanol–water partition coefficient (Wildman–Crippen LogP) is 4.09. The Kier molecular flexibility index (Phi) is 6.88. The van der Waals surface area contributed by atoms with Gasteiger partial charge in [-0.3, -0.25) is 4.79 Å². The Morgan fingerprint density at radius 1 is 1.03 bits per heavy atom. The van der Waals surface area contributed by atoms with Crippen LogP contribution in [0.25, 0.3) is 11.3 Å². The lowest BCUT2D eigenvalue weighted by molar-refractivity contribution is -0.115. The Bertz CT molecular complexity index is 1230. The Labute approximate surface area is 187 Å². The summed E-state index contributed by atoms with van der Waals surface area (Å²) in [6.45, 7) is 5.41. The van der Waals surface area contributed by atoms with Gasteiger partial charge in [0.1, 0.15) is 11.5 Å². The van der Waals surface area contributed by atoms with Crippen LogP contribution in [0.1, 0.15) is 23.2 Å². The molecule has 2 aromatic carbocycles. The van der Waals surface area contributed by atoms with E-state index in [1.807, 2.05) is 13.8 Å². The summed E-state index contributed by atoms with van der Waals surface area (Å²) in [5, 5.41) is 6.63. The molecule has 0 saturated carbocycles. The Morgan fingerprint density at radius 2 is 1.69 bits per heavy atom. The summed E-state index contributed by atoms with van der Waals surface area (Å²) in [6.07, 6.45) is -0.202. The first-order chi connectivity index (χ1) is 15.1. The molecule has 9 heteroatoms. The number of hydrogen-bond acceptors (Lipinski definition) is 7. The third-order valence-electron chi connectivity index (χ3n) is 5.18. The van der Waals surface area contributed by atoms with Gasteiger partial charge in [0.15, 0.2) is 15.6 Å². The number of nitrogens with one attached hydrogen (secondary N) is 1. The highest BCUT2D eigenvalue weighted by atomic mass is 32.2. The highest BCUT2D eigenvalue weighted by molar-refractivity contribution is 7.91. The highest BCUT2D eigenvalue weighted by Gasteiger charge is 2.21. The molecule has 0 radical (unpaired) electrons. The number of aromatic nitrogens is 1. The van der Waals surface area contributed by atoms with Crippen LogP contribution in [-0.2, 0) is 14.6 Å². The third kappa shape index (κ3) is 5.11. The molecular formula is C23H26N2O6S. The summed E-state index contributed by atoms with van der Waals surface area (Å²) < 4.78 is 41.8. The molecule has 0 unspecified atom stereocenters. The second-order valence-electron chi connectivity index (χ2n) is 7.42. The third-order valence-corrected chi connectivity index (χ3v) is 7.03. The van der Waals surface area contributed by atoms with E-state index in [1.54, 1.807) is 43.3 Å². The molecule has 0 aliphatic heterocycles. The van der Waals surface area contributed by atoms with Crippen molar-refractivity contribution < 1.29 is 27.2 Å². The first-order valence-electron chi connectivity index (χ1n) is 9.94. The van der Waals surface area contributed by atoms with E-state index in [1.165, 1.54) is 14.2 Å². The van der Waals surface area contributed by atoms with Crippen LogP contribution in [0.5, 0.6) is 11.5 Å². The van der Waals surface area contributed by atoms with Gasteiger partial charge >= 0.3 is 0 Å². The minimum absolute atomic E-state index is 0.166. The summed E-state index contributed by atoms with van der Waals surface area (Å²) in [7, 11) is -0.703. The van der Waals surface area contributed by atoms with Gasteiger partial charge in [0, 0.05) is 41.4 Å². The number of anilines is 1. The van der Waals surface area contributed by atoms with Crippen molar-refractivity contribution in [1.29, 1.82) is 0 Å². The van der Waals surface area contributed by atoms with Gasteiger partial charge < -0.3 is 19.3 Å². The molecule has 0 aliphatic rings. The maximum absolute atomic E-state index is 13.0. The van der Waals surface area contributed by atoms with Crippen LogP contribution in [0, 0.1) is 20.8 Å². The quantitative estimate of drug-likeness (QED) is 0.542. The van der Waals surface area contributed by atoms with Crippen LogP contribution < -0.4 is 14.8 Å². The molecule has 1 N–H and O–H groups in total. The number of aryl methyl sites for hydroxylation is 2. The average Bonchev–Trinajstić information content (AvgIpc) is 3.10. The number of benzene rings is 2. The number of ether oxygens (including phenoxy) is 2. The van der Waals surface area contributed by atoms with Crippen LogP contribution in [0.3, 0.4) is 0 Å². The molecule has 0 spiro atoms. The van der Waals surface area contributed by atoms with E-state index < -0.39 is 15.7 Å². The molecule has 170 valence electrons. The van der Waals surface area contributed by atoms with Crippen molar-refractivity contribution in [3.8, 4) is 22.8 Å². The zero-order valence-electron chi connectivity index (χ0n) is 18.7. The largest absolute Gasteiger partial charge is 0.497 e. The fourth-order valence-electron chi connectivity index (χ4n) is 3.20. The van der Waals surface area contributed by atoms with Crippen LogP contribution in [-0.4, -0.2) is 39.5 Å². The zero-order valence-corrected chi connectivity index (χ0v) is 19.5. The molecule has 0 bridgehead atoms. The van der Waals surface area contributed by atoms with E-state index in [0.29, 0.717) is 34.1 Å². The summed E-state index contributed by atoms with van der Waals surface area (Å²) in [5.74, 6) is 0.789. The lowest BCUT2D eigenvalue weighted by Crippen LogP contribution is -2.18. The second-order valence-corrected chi connectivity index (χ2v) is 9.50. The van der Waals surface area contributed by atoms with Gasteiger partial charge in [-0.2, -0.15) is 0 Å². The fourth-order valence-corrected chi connectivity index (χ4v) is 4.74. The topological polar surface area (TPSA) is 108 Å². The molecule has 1 amide bonds. The number of amides is 1. The summed E-state index contributed by atoms with van der Waals surface area (Å²) in [5.41, 5.74) is 3.28. The number of carbonyl (C=O) groups excluding carboxylic acids is 1. The lowest BCUT2D eigenvalue weighted by atomic mass is 10.1. The minimum atomic E-state index is -3.71. The average molecular weight is 459 g/mol. The van der Waals surface area contributed by atoms with Crippen LogP contribution in [0.4, 0.5) is 5.69 Å². The maximum Gasteiger partial charge on any atom is 0.225 e. The van der Waals surface area contributed by atoms with Crippen molar-refractivity contribution in [3.05, 3.63) is 53.2 Å². The summed E-state index contributed by atoms with van der Waals surface area (Å²) in [6, 6.07) is 10.0. The van der Waals surface area contributed by atoms with Crippen LogP contribution in [0.2, 0.25) is 0 Å². The van der Waals surface area contributed by atoms with Gasteiger partial charge in [-0.05, 0) is 32.4 Å². The minimum Gasteiger partial charge on any atom is -0.497 e. The SMILES string of the molecule is COc1cc(NC(=O)CCS(=O)(=O)c2cc(-c3onc(C)c3C)ccc2C)cc(OC)c1. The molecule has 1 heterocycles. The fraction of sp³-hybridized carbons (Fsp3) is 0.304. The van der Waals surface area contributed by atoms with Crippen molar-refractivity contribution in [1.82, 2.24) is 5.16 Å². The first-order valence-corrected chi connectivity index (χ1v) is 11.6.